The fraction of sp³-hybridized carbons (Fsp3) is 0.588. The van der Waals surface area contributed by atoms with Crippen LogP contribution in [0.25, 0.3) is 0 Å². The van der Waals surface area contributed by atoms with Gasteiger partial charge in [-0.05, 0) is 48.8 Å². The molecule has 0 bridgehead atoms. The van der Waals surface area contributed by atoms with Crippen LogP contribution in [0.5, 0.6) is 5.75 Å². The highest BCUT2D eigenvalue weighted by atomic mass is 16.5. The van der Waals surface area contributed by atoms with Crippen molar-refractivity contribution in [2.24, 2.45) is 5.92 Å². The minimum Gasteiger partial charge on any atom is -0.484 e. The van der Waals surface area contributed by atoms with Gasteiger partial charge in [0.1, 0.15) is 5.75 Å². The van der Waals surface area contributed by atoms with Gasteiger partial charge >= 0.3 is 0 Å². The van der Waals surface area contributed by atoms with Gasteiger partial charge in [-0.15, -0.1) is 0 Å². The zero-order valence-electron chi connectivity index (χ0n) is 12.8. The summed E-state index contributed by atoms with van der Waals surface area (Å²) in [5.74, 6) is 1.61. The third kappa shape index (κ3) is 5.05. The Bertz CT molecular complexity index is 452. The summed E-state index contributed by atoms with van der Waals surface area (Å²) in [5, 5.41) is 12.0. The number of carbonyl (C=O) groups excluding carboxylic acids is 1. The van der Waals surface area contributed by atoms with Crippen LogP contribution in [0.1, 0.15) is 44.6 Å². The molecule has 0 radical (unpaired) electrons. The van der Waals surface area contributed by atoms with E-state index < -0.39 is 0 Å². The molecule has 2 N–H and O–H groups in total. The van der Waals surface area contributed by atoms with E-state index in [4.69, 9.17) is 9.84 Å². The van der Waals surface area contributed by atoms with Gasteiger partial charge in [-0.3, -0.25) is 4.79 Å². The van der Waals surface area contributed by atoms with Crippen LogP contribution < -0.4 is 10.1 Å². The summed E-state index contributed by atoms with van der Waals surface area (Å²) in [5.41, 5.74) is 1.25. The fourth-order valence-corrected chi connectivity index (χ4v) is 2.41. The SMILES string of the molecule is CC(C)c1ccc(OCC(=O)NC(CCO)C2CC2)cc1. The molecule has 1 atom stereocenters. The molecule has 0 aliphatic heterocycles. The lowest BCUT2D eigenvalue weighted by Gasteiger charge is -2.17. The second-order valence-corrected chi connectivity index (χ2v) is 6.04. The molecule has 1 aromatic rings. The number of aliphatic hydroxyl groups is 1. The van der Waals surface area contributed by atoms with Gasteiger partial charge in [0.15, 0.2) is 6.61 Å². The van der Waals surface area contributed by atoms with Crippen molar-refractivity contribution in [3.8, 4) is 5.75 Å². The van der Waals surface area contributed by atoms with E-state index in [2.05, 4.69) is 19.2 Å². The fourth-order valence-electron chi connectivity index (χ4n) is 2.41. The number of ether oxygens (including phenoxy) is 1. The van der Waals surface area contributed by atoms with Crippen LogP contribution in [0.4, 0.5) is 0 Å². The van der Waals surface area contributed by atoms with E-state index in [1.807, 2.05) is 24.3 Å². The summed E-state index contributed by atoms with van der Waals surface area (Å²) < 4.78 is 5.51. The summed E-state index contributed by atoms with van der Waals surface area (Å²) in [6.45, 7) is 4.42. The maximum atomic E-state index is 11.9. The molecule has 1 aliphatic carbocycles. The zero-order valence-corrected chi connectivity index (χ0v) is 12.8. The molecule has 116 valence electrons. The van der Waals surface area contributed by atoms with Gasteiger partial charge in [0.05, 0.1) is 0 Å². The Morgan fingerprint density at radius 1 is 1.33 bits per heavy atom. The zero-order chi connectivity index (χ0) is 15.2. The lowest BCUT2D eigenvalue weighted by molar-refractivity contribution is -0.124. The number of rotatable bonds is 8. The molecular formula is C17H25NO3. The third-order valence-electron chi connectivity index (χ3n) is 3.89. The van der Waals surface area contributed by atoms with E-state index in [9.17, 15) is 4.79 Å². The predicted octanol–water partition coefficient (Wildman–Crippen LogP) is 2.47. The van der Waals surface area contributed by atoms with Crippen molar-refractivity contribution in [1.82, 2.24) is 5.32 Å². The molecule has 4 nitrogen and oxygen atoms in total. The molecule has 0 spiro atoms. The molecule has 21 heavy (non-hydrogen) atoms. The number of nitrogens with one attached hydrogen (secondary N) is 1. The number of carbonyl (C=O) groups is 1. The molecule has 1 saturated carbocycles. The average Bonchev–Trinajstić information content (AvgIpc) is 3.29. The van der Waals surface area contributed by atoms with Crippen molar-refractivity contribution in [2.75, 3.05) is 13.2 Å². The van der Waals surface area contributed by atoms with Gasteiger partial charge in [-0.2, -0.15) is 0 Å². The van der Waals surface area contributed by atoms with E-state index in [0.717, 1.165) is 12.8 Å². The number of amides is 1. The third-order valence-corrected chi connectivity index (χ3v) is 3.89. The topological polar surface area (TPSA) is 58.6 Å². The Labute approximate surface area is 126 Å². The van der Waals surface area contributed by atoms with Crippen LogP contribution in [0.2, 0.25) is 0 Å². The van der Waals surface area contributed by atoms with E-state index in [0.29, 0.717) is 24.0 Å². The molecule has 1 aromatic carbocycles. The first-order valence-electron chi connectivity index (χ1n) is 7.73. The second-order valence-electron chi connectivity index (χ2n) is 6.04. The van der Waals surface area contributed by atoms with Crippen molar-refractivity contribution >= 4 is 5.91 Å². The van der Waals surface area contributed by atoms with Crippen LogP contribution >= 0.6 is 0 Å². The summed E-state index contributed by atoms with van der Waals surface area (Å²) in [6.07, 6.45) is 2.91. The molecule has 0 aromatic heterocycles. The predicted molar refractivity (Wildman–Crippen MR) is 82.4 cm³/mol. The molecule has 1 fully saturated rings. The number of benzene rings is 1. The molecular weight excluding hydrogens is 266 g/mol. The quantitative estimate of drug-likeness (QED) is 0.773. The van der Waals surface area contributed by atoms with Gasteiger partial charge in [-0.25, -0.2) is 0 Å². The average molecular weight is 291 g/mol. The van der Waals surface area contributed by atoms with Crippen LogP contribution in [-0.2, 0) is 4.79 Å². The van der Waals surface area contributed by atoms with Gasteiger partial charge in [0.25, 0.3) is 5.91 Å². The first kappa shape index (κ1) is 15.8. The number of hydrogen-bond donors (Lipinski definition) is 2. The lowest BCUT2D eigenvalue weighted by atomic mass is 10.0. The van der Waals surface area contributed by atoms with Crippen molar-refractivity contribution in [3.63, 3.8) is 0 Å². The molecule has 4 heteroatoms. The van der Waals surface area contributed by atoms with Crippen molar-refractivity contribution in [1.29, 1.82) is 0 Å². The Balaban J connectivity index is 1.77. The Morgan fingerprint density at radius 3 is 2.52 bits per heavy atom. The van der Waals surface area contributed by atoms with E-state index in [1.54, 1.807) is 0 Å². The normalized spacial score (nSPS) is 15.8. The Morgan fingerprint density at radius 2 is 2.00 bits per heavy atom. The van der Waals surface area contributed by atoms with Crippen molar-refractivity contribution in [2.45, 2.75) is 45.1 Å². The molecule has 2 rings (SSSR count). The Hall–Kier alpha value is -1.55. The highest BCUT2D eigenvalue weighted by molar-refractivity contribution is 5.77. The van der Waals surface area contributed by atoms with Crippen LogP contribution in [0.3, 0.4) is 0 Å². The van der Waals surface area contributed by atoms with Gasteiger partial charge in [0, 0.05) is 12.6 Å². The smallest absolute Gasteiger partial charge is 0.258 e. The molecule has 1 amide bonds. The molecule has 0 saturated heterocycles. The minimum atomic E-state index is -0.117. The van der Waals surface area contributed by atoms with Crippen LogP contribution in [0, 0.1) is 5.92 Å². The summed E-state index contributed by atoms with van der Waals surface area (Å²) in [4.78, 5) is 11.9. The maximum Gasteiger partial charge on any atom is 0.258 e. The first-order chi connectivity index (χ1) is 10.1. The second kappa shape index (κ2) is 7.46. The molecule has 1 unspecified atom stereocenters. The standard InChI is InChI=1S/C17H25NO3/c1-12(2)13-5-7-15(8-6-13)21-11-17(20)18-16(9-10-19)14-3-4-14/h5-8,12,14,16,19H,3-4,9-11H2,1-2H3,(H,18,20). The maximum absolute atomic E-state index is 11.9. The number of hydrogen-bond acceptors (Lipinski definition) is 3. The van der Waals surface area contributed by atoms with Crippen molar-refractivity contribution < 1.29 is 14.6 Å². The highest BCUT2D eigenvalue weighted by Crippen LogP contribution is 2.33. The molecule has 1 aliphatic rings. The van der Waals surface area contributed by atoms with E-state index in [-0.39, 0.29) is 25.2 Å². The summed E-state index contributed by atoms with van der Waals surface area (Å²) in [6, 6.07) is 7.94. The lowest BCUT2D eigenvalue weighted by Crippen LogP contribution is -2.39. The summed E-state index contributed by atoms with van der Waals surface area (Å²) in [7, 11) is 0. The largest absolute Gasteiger partial charge is 0.484 e. The molecule has 0 heterocycles. The van der Waals surface area contributed by atoms with Gasteiger partial charge in [0.2, 0.25) is 0 Å². The first-order valence-corrected chi connectivity index (χ1v) is 7.73. The number of aliphatic hydroxyl groups excluding tert-OH is 1. The monoisotopic (exact) mass is 291 g/mol. The van der Waals surface area contributed by atoms with E-state index >= 15 is 0 Å². The Kier molecular flexibility index (Phi) is 5.62. The van der Waals surface area contributed by atoms with Crippen molar-refractivity contribution in [3.05, 3.63) is 29.8 Å². The van der Waals surface area contributed by atoms with E-state index in [1.165, 1.54) is 5.56 Å². The minimum absolute atomic E-state index is 0.0235. The van der Waals surface area contributed by atoms with Crippen LogP contribution in [-0.4, -0.2) is 30.3 Å². The van der Waals surface area contributed by atoms with Crippen LogP contribution in [0.15, 0.2) is 24.3 Å². The van der Waals surface area contributed by atoms with Gasteiger partial charge in [-0.1, -0.05) is 26.0 Å². The van der Waals surface area contributed by atoms with Gasteiger partial charge < -0.3 is 15.2 Å². The summed E-state index contributed by atoms with van der Waals surface area (Å²) >= 11 is 0. The highest BCUT2D eigenvalue weighted by Gasteiger charge is 2.31.